The molecule has 0 spiro atoms. The third-order valence-corrected chi connectivity index (χ3v) is 3.30. The molecule has 0 saturated heterocycles. The molecule has 1 aliphatic heterocycles. The molecule has 0 radical (unpaired) electrons. The molecule has 2 aromatic carbocycles. The molecule has 0 amide bonds. The summed E-state index contributed by atoms with van der Waals surface area (Å²) in [7, 11) is 1.52. The smallest absolute Gasteiger partial charge is 0.276 e. The van der Waals surface area contributed by atoms with Crippen molar-refractivity contribution in [1.82, 2.24) is 0 Å². The Hall–Kier alpha value is -3.15. The Kier molecular flexibility index (Phi) is 3.34. The summed E-state index contributed by atoms with van der Waals surface area (Å²) in [6.45, 7) is 0. The van der Waals surface area contributed by atoms with Gasteiger partial charge in [0.15, 0.2) is 5.76 Å². The Morgan fingerprint density at radius 2 is 2.00 bits per heavy atom. The van der Waals surface area contributed by atoms with Gasteiger partial charge < -0.3 is 9.47 Å². The minimum absolute atomic E-state index is 0.0533. The van der Waals surface area contributed by atoms with E-state index in [1.807, 2.05) is 0 Å². The van der Waals surface area contributed by atoms with Crippen LogP contribution in [0.3, 0.4) is 0 Å². The van der Waals surface area contributed by atoms with Gasteiger partial charge in [0.1, 0.15) is 11.5 Å². The van der Waals surface area contributed by atoms with Gasteiger partial charge in [-0.05, 0) is 24.3 Å². The van der Waals surface area contributed by atoms with Crippen molar-refractivity contribution >= 4 is 17.5 Å². The summed E-state index contributed by atoms with van der Waals surface area (Å²) in [6.07, 6.45) is 1.38. The van der Waals surface area contributed by atoms with Gasteiger partial charge in [-0.25, -0.2) is 0 Å². The summed E-state index contributed by atoms with van der Waals surface area (Å²) in [5.74, 6) is 0.695. The van der Waals surface area contributed by atoms with E-state index in [0.29, 0.717) is 22.6 Å². The number of ether oxygens (including phenoxy) is 2. The first kappa shape index (κ1) is 13.8. The highest BCUT2D eigenvalue weighted by atomic mass is 16.6. The van der Waals surface area contributed by atoms with Gasteiger partial charge in [0.2, 0.25) is 5.78 Å². The number of nitro groups is 1. The van der Waals surface area contributed by atoms with E-state index in [9.17, 15) is 14.9 Å². The fourth-order valence-electron chi connectivity index (χ4n) is 2.21. The van der Waals surface area contributed by atoms with E-state index in [1.54, 1.807) is 36.4 Å². The van der Waals surface area contributed by atoms with Gasteiger partial charge in [-0.2, -0.15) is 0 Å². The van der Waals surface area contributed by atoms with Crippen LogP contribution in [0.1, 0.15) is 15.9 Å². The first-order chi connectivity index (χ1) is 10.6. The van der Waals surface area contributed by atoms with Crippen LogP contribution in [-0.2, 0) is 0 Å². The van der Waals surface area contributed by atoms with Crippen molar-refractivity contribution in [1.29, 1.82) is 0 Å². The molecule has 0 unspecified atom stereocenters. The number of allylic oxidation sites excluding steroid dienone is 1. The Labute approximate surface area is 125 Å². The maximum atomic E-state index is 12.3. The predicted molar refractivity (Wildman–Crippen MR) is 79.0 cm³/mol. The molecule has 6 nitrogen and oxygen atoms in total. The predicted octanol–water partition coefficient (Wildman–Crippen LogP) is 3.22. The fourth-order valence-corrected chi connectivity index (χ4v) is 2.21. The van der Waals surface area contributed by atoms with Crippen molar-refractivity contribution in [3.63, 3.8) is 0 Å². The van der Waals surface area contributed by atoms with E-state index in [-0.39, 0.29) is 17.2 Å². The topological polar surface area (TPSA) is 78.7 Å². The van der Waals surface area contributed by atoms with Crippen molar-refractivity contribution in [3.05, 3.63) is 69.5 Å². The Morgan fingerprint density at radius 3 is 2.73 bits per heavy atom. The van der Waals surface area contributed by atoms with Gasteiger partial charge in [-0.3, -0.25) is 14.9 Å². The first-order valence-electron chi connectivity index (χ1n) is 6.46. The second-order valence-electron chi connectivity index (χ2n) is 4.62. The van der Waals surface area contributed by atoms with Gasteiger partial charge in [-0.1, -0.05) is 12.1 Å². The maximum absolute atomic E-state index is 12.3. The number of Topliss-reactive ketones (excluding diaryl/α,β-unsaturated/α-hetero) is 1. The number of carbonyl (C=O) groups is 1. The van der Waals surface area contributed by atoms with E-state index in [2.05, 4.69) is 0 Å². The quantitative estimate of drug-likeness (QED) is 0.494. The van der Waals surface area contributed by atoms with Gasteiger partial charge in [-0.15, -0.1) is 0 Å². The highest BCUT2D eigenvalue weighted by molar-refractivity contribution is 6.14. The number of para-hydroxylation sites is 1. The molecule has 1 heterocycles. The number of benzene rings is 2. The lowest BCUT2D eigenvalue weighted by molar-refractivity contribution is -0.385. The van der Waals surface area contributed by atoms with Gasteiger partial charge >= 0.3 is 0 Å². The van der Waals surface area contributed by atoms with E-state index < -0.39 is 4.92 Å². The van der Waals surface area contributed by atoms with Crippen LogP contribution in [0.2, 0.25) is 0 Å². The molecule has 1 aliphatic rings. The fraction of sp³-hybridized carbons (Fsp3) is 0.0625. The number of fused-ring (bicyclic) bond motifs is 1. The molecule has 0 fully saturated rings. The lowest BCUT2D eigenvalue weighted by Crippen LogP contribution is -1.99. The number of methoxy groups -OCH3 is 1. The molecule has 2 aromatic rings. The monoisotopic (exact) mass is 297 g/mol. The number of rotatable bonds is 3. The number of nitrogens with zero attached hydrogens (tertiary/aromatic N) is 1. The molecule has 3 rings (SSSR count). The summed E-state index contributed by atoms with van der Waals surface area (Å²) in [6, 6.07) is 11.0. The van der Waals surface area contributed by atoms with Crippen molar-refractivity contribution < 1.29 is 19.2 Å². The summed E-state index contributed by atoms with van der Waals surface area (Å²) >= 11 is 0. The maximum Gasteiger partial charge on any atom is 0.276 e. The standard InChI is InChI=1S/C16H11NO5/c1-21-11-6-7-12-14(9-11)22-15(16(12)18)8-10-4-2-3-5-13(10)17(19)20/h2-9H,1H3. The van der Waals surface area contributed by atoms with Crippen molar-refractivity contribution in [3.8, 4) is 11.5 Å². The SMILES string of the molecule is COc1ccc2c(c1)OC(=Cc1ccccc1[N+](=O)[O-])C2=O. The average molecular weight is 297 g/mol. The molecular formula is C16H11NO5. The zero-order chi connectivity index (χ0) is 15.7. The molecule has 0 atom stereocenters. The van der Waals surface area contributed by atoms with Crippen molar-refractivity contribution in [2.45, 2.75) is 0 Å². The highest BCUT2D eigenvalue weighted by Gasteiger charge is 2.28. The van der Waals surface area contributed by atoms with Crippen molar-refractivity contribution in [2.75, 3.05) is 7.11 Å². The number of hydrogen-bond acceptors (Lipinski definition) is 5. The van der Waals surface area contributed by atoms with E-state index in [4.69, 9.17) is 9.47 Å². The molecule has 0 bridgehead atoms. The lowest BCUT2D eigenvalue weighted by atomic mass is 10.1. The van der Waals surface area contributed by atoms with Crippen molar-refractivity contribution in [2.24, 2.45) is 0 Å². The van der Waals surface area contributed by atoms with E-state index >= 15 is 0 Å². The minimum Gasteiger partial charge on any atom is -0.497 e. The van der Waals surface area contributed by atoms with Crippen LogP contribution >= 0.6 is 0 Å². The second-order valence-corrected chi connectivity index (χ2v) is 4.62. The van der Waals surface area contributed by atoms with Crippen LogP contribution in [0.25, 0.3) is 6.08 Å². The second kappa shape index (κ2) is 5.33. The molecule has 110 valence electrons. The summed E-state index contributed by atoms with van der Waals surface area (Å²) in [5, 5.41) is 11.0. The van der Waals surface area contributed by atoms with E-state index in [1.165, 1.54) is 19.3 Å². The van der Waals surface area contributed by atoms with E-state index in [0.717, 1.165) is 0 Å². The normalized spacial score (nSPS) is 14.6. The molecule has 22 heavy (non-hydrogen) atoms. The molecule has 0 aromatic heterocycles. The molecular weight excluding hydrogens is 286 g/mol. The van der Waals surface area contributed by atoms with Crippen LogP contribution in [0, 0.1) is 10.1 Å². The Morgan fingerprint density at radius 1 is 1.23 bits per heavy atom. The lowest BCUT2D eigenvalue weighted by Gasteiger charge is -2.01. The third kappa shape index (κ3) is 2.31. The summed E-state index contributed by atoms with van der Waals surface area (Å²) in [5.41, 5.74) is 0.640. The zero-order valence-electron chi connectivity index (χ0n) is 11.6. The third-order valence-electron chi connectivity index (χ3n) is 3.30. The molecule has 6 heteroatoms. The van der Waals surface area contributed by atoms with Gasteiger partial charge in [0.25, 0.3) is 5.69 Å². The number of hydrogen-bond donors (Lipinski definition) is 0. The highest BCUT2D eigenvalue weighted by Crippen LogP contribution is 2.35. The minimum atomic E-state index is -0.498. The zero-order valence-corrected chi connectivity index (χ0v) is 11.6. The number of nitro benzene ring substituents is 1. The molecule has 0 N–H and O–H groups in total. The van der Waals surface area contributed by atoms with Crippen LogP contribution < -0.4 is 9.47 Å². The average Bonchev–Trinajstić information content (AvgIpc) is 2.83. The molecule has 0 aliphatic carbocycles. The largest absolute Gasteiger partial charge is 0.497 e. The Bertz CT molecular complexity index is 810. The summed E-state index contributed by atoms with van der Waals surface area (Å²) in [4.78, 5) is 22.8. The Balaban J connectivity index is 2.01. The van der Waals surface area contributed by atoms with Crippen LogP contribution in [0.5, 0.6) is 11.5 Å². The van der Waals surface area contributed by atoms with Crippen LogP contribution in [0.4, 0.5) is 5.69 Å². The van der Waals surface area contributed by atoms with Gasteiger partial charge in [0.05, 0.1) is 23.2 Å². The van der Waals surface area contributed by atoms with Crippen LogP contribution in [-0.4, -0.2) is 17.8 Å². The first-order valence-corrected chi connectivity index (χ1v) is 6.46. The van der Waals surface area contributed by atoms with Crippen LogP contribution in [0.15, 0.2) is 48.2 Å². The molecule has 0 saturated carbocycles. The van der Waals surface area contributed by atoms with Gasteiger partial charge in [0, 0.05) is 12.1 Å². The summed E-state index contributed by atoms with van der Waals surface area (Å²) < 4.78 is 10.6. The number of carbonyl (C=O) groups excluding carboxylic acids is 1. The number of ketones is 1.